The lowest BCUT2D eigenvalue weighted by atomic mass is 10.2. The van der Waals surface area contributed by atoms with E-state index in [4.69, 9.17) is 10.8 Å². The van der Waals surface area contributed by atoms with Crippen LogP contribution in [0, 0.1) is 0 Å². The van der Waals surface area contributed by atoms with E-state index in [9.17, 15) is 4.79 Å². The molecular weight excluding hydrogens is 192 g/mol. The number of nitrogen functional groups attached to an aromatic ring is 1. The number of para-hydroxylation sites is 2. The van der Waals surface area contributed by atoms with Crippen LogP contribution < -0.4 is 10.6 Å². The van der Waals surface area contributed by atoms with Crippen LogP contribution in [0.1, 0.15) is 12.8 Å². The Labute approximate surface area is 89.3 Å². The number of aliphatic hydroxyl groups is 1. The molecule has 0 radical (unpaired) electrons. The fourth-order valence-electron chi connectivity index (χ4n) is 1.37. The first-order valence-corrected chi connectivity index (χ1v) is 4.97. The smallest absolute Gasteiger partial charge is 0.214 e. The van der Waals surface area contributed by atoms with E-state index in [1.165, 1.54) is 0 Å². The monoisotopic (exact) mass is 208 g/mol. The molecule has 0 fully saturated rings. The lowest BCUT2D eigenvalue weighted by Gasteiger charge is -2.18. The maximum atomic E-state index is 10.9. The van der Waals surface area contributed by atoms with Gasteiger partial charge in [-0.1, -0.05) is 12.1 Å². The zero-order valence-electron chi connectivity index (χ0n) is 8.60. The van der Waals surface area contributed by atoms with Gasteiger partial charge in [0.25, 0.3) is 0 Å². The number of nitrogens with two attached hydrogens (primary N) is 1. The van der Waals surface area contributed by atoms with Gasteiger partial charge in [0.05, 0.1) is 11.4 Å². The molecule has 0 saturated carbocycles. The van der Waals surface area contributed by atoms with E-state index in [0.29, 0.717) is 18.7 Å². The number of amides is 1. The third-order valence-corrected chi connectivity index (χ3v) is 2.18. The number of hydrogen-bond acceptors (Lipinski definition) is 3. The van der Waals surface area contributed by atoms with Gasteiger partial charge in [0.15, 0.2) is 0 Å². The number of benzene rings is 1. The summed E-state index contributed by atoms with van der Waals surface area (Å²) in [5, 5.41) is 8.65. The topological polar surface area (TPSA) is 66.6 Å². The fourth-order valence-corrected chi connectivity index (χ4v) is 1.37. The van der Waals surface area contributed by atoms with Crippen LogP contribution in [0.3, 0.4) is 0 Å². The maximum absolute atomic E-state index is 10.9. The average Bonchev–Trinajstić information content (AvgIpc) is 2.26. The van der Waals surface area contributed by atoms with Crippen LogP contribution in [0.25, 0.3) is 0 Å². The van der Waals surface area contributed by atoms with Crippen LogP contribution >= 0.6 is 0 Å². The predicted molar refractivity (Wildman–Crippen MR) is 60.6 cm³/mol. The maximum Gasteiger partial charge on any atom is 0.214 e. The van der Waals surface area contributed by atoms with Crippen molar-refractivity contribution in [1.29, 1.82) is 0 Å². The minimum absolute atomic E-state index is 0.150. The second kappa shape index (κ2) is 6.03. The van der Waals surface area contributed by atoms with Crippen LogP contribution in [0.15, 0.2) is 24.3 Å². The number of unbranched alkanes of at least 4 members (excludes halogenated alkanes) is 1. The number of hydrogen-bond donors (Lipinski definition) is 2. The van der Waals surface area contributed by atoms with Crippen LogP contribution in [-0.4, -0.2) is 24.7 Å². The van der Waals surface area contributed by atoms with Crippen molar-refractivity contribution >= 4 is 17.8 Å². The Balaban J connectivity index is 2.66. The lowest BCUT2D eigenvalue weighted by molar-refractivity contribution is -0.107. The Kier molecular flexibility index (Phi) is 4.63. The van der Waals surface area contributed by atoms with E-state index in [2.05, 4.69) is 0 Å². The minimum Gasteiger partial charge on any atom is -0.397 e. The van der Waals surface area contributed by atoms with Gasteiger partial charge in [-0.3, -0.25) is 4.79 Å². The molecule has 0 heterocycles. The highest BCUT2D eigenvalue weighted by Gasteiger charge is 2.06. The molecule has 4 nitrogen and oxygen atoms in total. The largest absolute Gasteiger partial charge is 0.397 e. The Morgan fingerprint density at radius 2 is 2.07 bits per heavy atom. The molecule has 0 aromatic heterocycles. The first-order chi connectivity index (χ1) is 7.29. The Bertz CT molecular complexity index is 315. The SMILES string of the molecule is Nc1ccccc1N(C=O)CCCCO. The molecule has 0 aliphatic heterocycles. The van der Waals surface area contributed by atoms with Gasteiger partial charge in [-0.15, -0.1) is 0 Å². The van der Waals surface area contributed by atoms with Crippen molar-refractivity contribution in [3.63, 3.8) is 0 Å². The summed E-state index contributed by atoms with van der Waals surface area (Å²) in [6.07, 6.45) is 2.23. The average molecular weight is 208 g/mol. The quantitative estimate of drug-likeness (QED) is 0.416. The molecule has 0 aliphatic rings. The van der Waals surface area contributed by atoms with Crippen molar-refractivity contribution in [2.24, 2.45) is 0 Å². The molecule has 0 unspecified atom stereocenters. The van der Waals surface area contributed by atoms with E-state index in [-0.39, 0.29) is 6.61 Å². The number of anilines is 2. The first kappa shape index (κ1) is 11.5. The molecule has 0 aliphatic carbocycles. The van der Waals surface area contributed by atoms with Gasteiger partial charge in [-0.2, -0.15) is 0 Å². The van der Waals surface area contributed by atoms with Crippen molar-refractivity contribution in [2.75, 3.05) is 23.8 Å². The first-order valence-electron chi connectivity index (χ1n) is 4.97. The molecule has 1 rings (SSSR count). The van der Waals surface area contributed by atoms with Crippen LogP contribution in [0.4, 0.5) is 11.4 Å². The third kappa shape index (κ3) is 3.25. The molecule has 1 aromatic carbocycles. The Morgan fingerprint density at radius 3 is 2.67 bits per heavy atom. The van der Waals surface area contributed by atoms with Gasteiger partial charge >= 0.3 is 0 Å². The van der Waals surface area contributed by atoms with Gasteiger partial charge in [-0.05, 0) is 25.0 Å². The molecule has 0 atom stereocenters. The minimum atomic E-state index is 0.150. The molecular formula is C11H16N2O2. The predicted octanol–water partition coefficient (Wildman–Crippen LogP) is 1.00. The van der Waals surface area contributed by atoms with Gasteiger partial charge in [0, 0.05) is 13.2 Å². The fraction of sp³-hybridized carbons (Fsp3) is 0.364. The van der Waals surface area contributed by atoms with E-state index in [1.54, 1.807) is 11.0 Å². The van der Waals surface area contributed by atoms with Gasteiger partial charge in [0.2, 0.25) is 6.41 Å². The third-order valence-electron chi connectivity index (χ3n) is 2.18. The zero-order chi connectivity index (χ0) is 11.1. The summed E-state index contributed by atoms with van der Waals surface area (Å²) < 4.78 is 0. The highest BCUT2D eigenvalue weighted by molar-refractivity contribution is 5.82. The summed E-state index contributed by atoms with van der Waals surface area (Å²) in [7, 11) is 0. The molecule has 0 spiro atoms. The van der Waals surface area contributed by atoms with Gasteiger partial charge in [0.1, 0.15) is 0 Å². The van der Waals surface area contributed by atoms with E-state index in [1.807, 2.05) is 18.2 Å². The van der Waals surface area contributed by atoms with Crippen molar-refractivity contribution in [3.8, 4) is 0 Å². The molecule has 82 valence electrons. The van der Waals surface area contributed by atoms with E-state index < -0.39 is 0 Å². The van der Waals surface area contributed by atoms with Crippen LogP contribution in [-0.2, 0) is 4.79 Å². The molecule has 1 aromatic rings. The zero-order valence-corrected chi connectivity index (χ0v) is 8.60. The second-order valence-corrected chi connectivity index (χ2v) is 3.29. The highest BCUT2D eigenvalue weighted by atomic mass is 16.2. The second-order valence-electron chi connectivity index (χ2n) is 3.29. The molecule has 0 saturated heterocycles. The summed E-state index contributed by atoms with van der Waals surface area (Å²) >= 11 is 0. The summed E-state index contributed by atoms with van der Waals surface area (Å²) in [6, 6.07) is 7.24. The lowest BCUT2D eigenvalue weighted by Crippen LogP contribution is -2.23. The number of carbonyl (C=O) groups is 1. The normalized spacial score (nSPS) is 9.93. The molecule has 3 N–H and O–H groups in total. The van der Waals surface area contributed by atoms with Crippen LogP contribution in [0.5, 0.6) is 0 Å². The number of rotatable bonds is 6. The van der Waals surface area contributed by atoms with Gasteiger partial charge in [-0.25, -0.2) is 0 Å². The van der Waals surface area contributed by atoms with E-state index >= 15 is 0 Å². The number of nitrogens with zero attached hydrogens (tertiary/aromatic N) is 1. The molecule has 15 heavy (non-hydrogen) atoms. The number of carbonyl (C=O) groups excluding carboxylic acids is 1. The Morgan fingerprint density at radius 1 is 1.33 bits per heavy atom. The standard InChI is InChI=1S/C11H16N2O2/c12-10-5-1-2-6-11(10)13(9-15)7-3-4-8-14/h1-2,5-6,9,14H,3-4,7-8,12H2. The van der Waals surface area contributed by atoms with Gasteiger partial charge < -0.3 is 15.7 Å². The summed E-state index contributed by atoms with van der Waals surface area (Å²) in [5.74, 6) is 0. The highest BCUT2D eigenvalue weighted by Crippen LogP contribution is 2.21. The van der Waals surface area contributed by atoms with E-state index in [0.717, 1.165) is 18.5 Å². The summed E-state index contributed by atoms with van der Waals surface area (Å²) in [4.78, 5) is 12.4. The molecule has 0 bridgehead atoms. The van der Waals surface area contributed by atoms with Crippen LogP contribution in [0.2, 0.25) is 0 Å². The van der Waals surface area contributed by atoms with Crippen molar-refractivity contribution in [3.05, 3.63) is 24.3 Å². The van der Waals surface area contributed by atoms with Crippen molar-refractivity contribution < 1.29 is 9.90 Å². The number of aliphatic hydroxyl groups excluding tert-OH is 1. The molecule has 4 heteroatoms. The van der Waals surface area contributed by atoms with Crippen molar-refractivity contribution in [2.45, 2.75) is 12.8 Å². The summed E-state index contributed by atoms with van der Waals surface area (Å²) in [6.45, 7) is 0.731. The van der Waals surface area contributed by atoms with Crippen molar-refractivity contribution in [1.82, 2.24) is 0 Å². The Hall–Kier alpha value is -1.55. The molecule has 1 amide bonds. The summed E-state index contributed by atoms with van der Waals surface area (Å²) in [5.41, 5.74) is 7.07.